The lowest BCUT2D eigenvalue weighted by Gasteiger charge is -2.27. The molecule has 154 valence electrons. The average molecular weight is 447 g/mol. The Morgan fingerprint density at radius 1 is 1.00 bits per heavy atom. The van der Waals surface area contributed by atoms with E-state index >= 15 is 0 Å². The lowest BCUT2D eigenvalue weighted by atomic mass is 9.85. The average Bonchev–Trinajstić information content (AvgIpc) is 3.37. The summed E-state index contributed by atoms with van der Waals surface area (Å²) in [6.07, 6.45) is 1.59. The topological polar surface area (TPSA) is 57.7 Å². The lowest BCUT2D eigenvalue weighted by Crippen LogP contribution is -2.46. The molecule has 4 atom stereocenters. The number of amides is 2. The first-order valence-corrected chi connectivity index (χ1v) is 10.5. The quantitative estimate of drug-likeness (QED) is 0.528. The number of carbonyl (C=O) groups is 3. The highest BCUT2D eigenvalue weighted by atomic mass is 35.5. The molecule has 5 nitrogen and oxygen atoms in total. The molecule has 2 amide bonds. The molecule has 3 heterocycles. The van der Waals surface area contributed by atoms with Crippen LogP contribution >= 0.6 is 23.2 Å². The molecular formula is C22H17Cl2FN2O3. The van der Waals surface area contributed by atoms with Gasteiger partial charge in [0.15, 0.2) is 5.78 Å². The van der Waals surface area contributed by atoms with E-state index in [2.05, 4.69) is 0 Å². The van der Waals surface area contributed by atoms with Crippen LogP contribution in [0.25, 0.3) is 0 Å². The number of halogens is 3. The van der Waals surface area contributed by atoms with Crippen LogP contribution in [0, 0.1) is 17.7 Å². The first kappa shape index (κ1) is 19.7. The monoisotopic (exact) mass is 446 g/mol. The molecule has 30 heavy (non-hydrogen) atoms. The first-order valence-electron chi connectivity index (χ1n) is 9.77. The minimum atomic E-state index is -0.796. The predicted octanol–water partition coefficient (Wildman–Crippen LogP) is 3.97. The molecule has 0 spiro atoms. The molecule has 2 aromatic carbocycles. The first-order chi connectivity index (χ1) is 14.4. The summed E-state index contributed by atoms with van der Waals surface area (Å²) in [5, 5.41) is 0.374. The van der Waals surface area contributed by atoms with Crippen LogP contribution in [-0.2, 0) is 9.59 Å². The van der Waals surface area contributed by atoms with Crippen molar-refractivity contribution in [2.75, 3.05) is 11.4 Å². The molecule has 3 aliphatic heterocycles. The van der Waals surface area contributed by atoms with Gasteiger partial charge in [-0.05, 0) is 55.8 Å². The van der Waals surface area contributed by atoms with Crippen LogP contribution in [0.15, 0.2) is 42.5 Å². The van der Waals surface area contributed by atoms with Gasteiger partial charge in [-0.1, -0.05) is 29.3 Å². The number of carbonyl (C=O) groups excluding carboxylic acids is 3. The fourth-order valence-electron chi connectivity index (χ4n) is 5.20. The summed E-state index contributed by atoms with van der Waals surface area (Å²) in [5.74, 6) is -2.90. The smallest absolute Gasteiger partial charge is 0.239 e. The van der Waals surface area contributed by atoms with Crippen LogP contribution in [0.5, 0.6) is 0 Å². The number of fused-ring (bicyclic) bond motifs is 3. The van der Waals surface area contributed by atoms with Crippen molar-refractivity contribution in [3.63, 3.8) is 0 Å². The third kappa shape index (κ3) is 2.74. The highest BCUT2D eigenvalue weighted by Crippen LogP contribution is 2.49. The molecule has 0 saturated carbocycles. The molecule has 3 aliphatic rings. The van der Waals surface area contributed by atoms with Gasteiger partial charge in [0.2, 0.25) is 11.8 Å². The van der Waals surface area contributed by atoms with Gasteiger partial charge >= 0.3 is 0 Å². The summed E-state index contributed by atoms with van der Waals surface area (Å²) >= 11 is 12.4. The largest absolute Gasteiger partial charge is 0.292 e. The van der Waals surface area contributed by atoms with E-state index in [0.717, 1.165) is 17.7 Å². The highest BCUT2D eigenvalue weighted by molar-refractivity contribution is 6.45. The van der Waals surface area contributed by atoms with E-state index in [0.29, 0.717) is 12.1 Å². The molecule has 0 unspecified atom stereocenters. The Kier molecular flexibility index (Phi) is 4.69. The molecule has 2 aromatic rings. The van der Waals surface area contributed by atoms with Crippen LogP contribution in [0.1, 0.15) is 23.2 Å². The van der Waals surface area contributed by atoms with E-state index in [1.165, 1.54) is 24.3 Å². The summed E-state index contributed by atoms with van der Waals surface area (Å²) in [6, 6.07) is 9.14. The van der Waals surface area contributed by atoms with Gasteiger partial charge in [-0.15, -0.1) is 0 Å². The second-order valence-electron chi connectivity index (χ2n) is 7.90. The Bertz CT molecular complexity index is 1070. The van der Waals surface area contributed by atoms with Crippen LogP contribution in [0.2, 0.25) is 10.0 Å². The maximum absolute atomic E-state index is 13.5. The van der Waals surface area contributed by atoms with E-state index in [-0.39, 0.29) is 33.5 Å². The van der Waals surface area contributed by atoms with Gasteiger partial charge in [0, 0.05) is 11.6 Å². The fraction of sp³-hybridized carbons (Fsp3) is 0.318. The van der Waals surface area contributed by atoms with E-state index in [1.54, 1.807) is 18.2 Å². The van der Waals surface area contributed by atoms with Crippen molar-refractivity contribution in [2.45, 2.75) is 24.9 Å². The molecule has 5 rings (SSSR count). The fourth-order valence-corrected chi connectivity index (χ4v) is 5.58. The molecule has 8 heteroatoms. The number of rotatable bonds is 3. The van der Waals surface area contributed by atoms with Crippen LogP contribution in [0.3, 0.4) is 0 Å². The van der Waals surface area contributed by atoms with E-state index in [1.807, 2.05) is 4.90 Å². The number of nitrogens with zero attached hydrogens (tertiary/aromatic N) is 2. The molecule has 0 radical (unpaired) electrons. The molecule has 0 aliphatic carbocycles. The Morgan fingerprint density at radius 3 is 2.43 bits per heavy atom. The van der Waals surface area contributed by atoms with Crippen LogP contribution in [-0.4, -0.2) is 41.1 Å². The molecule has 0 bridgehead atoms. The summed E-state index contributed by atoms with van der Waals surface area (Å²) in [5.41, 5.74) is 0.568. The van der Waals surface area contributed by atoms with Gasteiger partial charge in [0.1, 0.15) is 5.82 Å². The van der Waals surface area contributed by atoms with Crippen molar-refractivity contribution in [3.8, 4) is 0 Å². The van der Waals surface area contributed by atoms with Crippen molar-refractivity contribution in [3.05, 3.63) is 63.9 Å². The molecular weight excluding hydrogens is 430 g/mol. The van der Waals surface area contributed by atoms with E-state index < -0.39 is 29.6 Å². The van der Waals surface area contributed by atoms with Crippen molar-refractivity contribution in [1.82, 2.24) is 4.90 Å². The zero-order valence-corrected chi connectivity index (χ0v) is 17.2. The zero-order chi connectivity index (χ0) is 21.2. The number of imide groups is 1. The van der Waals surface area contributed by atoms with Gasteiger partial charge in [0.05, 0.1) is 33.6 Å². The molecule has 3 fully saturated rings. The second kappa shape index (κ2) is 7.15. The number of hydrogen-bond acceptors (Lipinski definition) is 4. The number of Topliss-reactive ketones (excluding diaryl/α,β-unsaturated/α-hetero) is 1. The number of hydrogen-bond donors (Lipinski definition) is 0. The second-order valence-corrected chi connectivity index (χ2v) is 8.68. The predicted molar refractivity (Wildman–Crippen MR) is 110 cm³/mol. The molecule has 0 aromatic heterocycles. The summed E-state index contributed by atoms with van der Waals surface area (Å²) in [4.78, 5) is 43.3. The lowest BCUT2D eigenvalue weighted by molar-refractivity contribution is -0.123. The molecule has 0 N–H and O–H groups in total. The normalized spacial score (nSPS) is 28.2. The van der Waals surface area contributed by atoms with Gasteiger partial charge < -0.3 is 0 Å². The summed E-state index contributed by atoms with van der Waals surface area (Å²) in [6.45, 7) is 0.647. The van der Waals surface area contributed by atoms with Crippen molar-refractivity contribution in [2.24, 2.45) is 11.8 Å². The standard InChI is InChI=1S/C22H17Cl2FN2O3/c23-13-3-1-4-15(18(13)24)27-21(29)16-14-5-2-10-26(14)19(17(16)22(27)30)20(28)11-6-8-12(25)9-7-11/h1,3-4,6-9,14,16-17,19H,2,5,10H2/t14-,16-,17+,19-/m0/s1. The summed E-state index contributed by atoms with van der Waals surface area (Å²) < 4.78 is 13.3. The van der Waals surface area contributed by atoms with Crippen molar-refractivity contribution in [1.29, 1.82) is 0 Å². The Balaban J connectivity index is 1.57. The van der Waals surface area contributed by atoms with Crippen LogP contribution < -0.4 is 4.90 Å². The highest BCUT2D eigenvalue weighted by Gasteiger charge is 2.64. The number of anilines is 1. The summed E-state index contributed by atoms with van der Waals surface area (Å²) in [7, 11) is 0. The Hall–Kier alpha value is -2.28. The zero-order valence-electron chi connectivity index (χ0n) is 15.7. The van der Waals surface area contributed by atoms with Gasteiger partial charge in [-0.3, -0.25) is 19.3 Å². The number of benzene rings is 2. The van der Waals surface area contributed by atoms with Crippen LogP contribution in [0.4, 0.5) is 10.1 Å². The third-order valence-corrected chi connectivity index (χ3v) is 7.23. The maximum atomic E-state index is 13.5. The van der Waals surface area contributed by atoms with Crippen molar-refractivity contribution < 1.29 is 18.8 Å². The third-order valence-electron chi connectivity index (χ3n) is 6.42. The SMILES string of the molecule is O=C(c1ccc(F)cc1)[C@@H]1[C@@H]2C(=O)N(c3cccc(Cl)c3Cl)C(=O)[C@H]2[C@@H]2CCCN12. The van der Waals surface area contributed by atoms with Gasteiger partial charge in [-0.25, -0.2) is 9.29 Å². The Labute approximate surface area is 182 Å². The molecule has 3 saturated heterocycles. The minimum absolute atomic E-state index is 0.130. The maximum Gasteiger partial charge on any atom is 0.239 e. The van der Waals surface area contributed by atoms with Gasteiger partial charge in [0.25, 0.3) is 0 Å². The minimum Gasteiger partial charge on any atom is -0.292 e. The number of ketones is 1. The van der Waals surface area contributed by atoms with Gasteiger partial charge in [-0.2, -0.15) is 0 Å². The van der Waals surface area contributed by atoms with E-state index in [4.69, 9.17) is 23.2 Å². The Morgan fingerprint density at radius 2 is 1.70 bits per heavy atom. The van der Waals surface area contributed by atoms with Crippen molar-refractivity contribution >= 4 is 46.5 Å². The van der Waals surface area contributed by atoms with E-state index in [9.17, 15) is 18.8 Å².